The molecule has 1 aromatic carbocycles. The van der Waals surface area contributed by atoms with Crippen LogP contribution in [0, 0.1) is 0 Å². The predicted molar refractivity (Wildman–Crippen MR) is 65.0 cm³/mol. The van der Waals surface area contributed by atoms with Gasteiger partial charge in [0.05, 0.1) is 0 Å². The Morgan fingerprint density at radius 2 is 2.31 bits per heavy atom. The highest BCUT2D eigenvalue weighted by Gasteiger charge is 2.02. The van der Waals surface area contributed by atoms with Gasteiger partial charge >= 0.3 is 0 Å². The summed E-state index contributed by atoms with van der Waals surface area (Å²) < 4.78 is 2.79. The van der Waals surface area contributed by atoms with Crippen LogP contribution in [0.25, 0.3) is 0 Å². The van der Waals surface area contributed by atoms with E-state index in [1.807, 2.05) is 19.1 Å². The van der Waals surface area contributed by atoms with Gasteiger partial charge in [0, 0.05) is 17.6 Å². The number of nitrogens with one attached hydrogen (secondary N) is 1. The standard InChI is InChI=1S/C10H12BrN5/c1-2-16-10(13-14-15-16)12-7-8-4-3-5-9(11)6-8/h3-6H,2,7H2,1H3,(H,12,13,15). The average molecular weight is 282 g/mol. The summed E-state index contributed by atoms with van der Waals surface area (Å²) in [5, 5.41) is 14.6. The van der Waals surface area contributed by atoms with Crippen LogP contribution in [0.1, 0.15) is 12.5 Å². The molecule has 0 bridgehead atoms. The molecule has 0 fully saturated rings. The SMILES string of the molecule is CCn1nnnc1NCc1cccc(Br)c1. The van der Waals surface area contributed by atoms with Crippen molar-refractivity contribution < 1.29 is 0 Å². The molecule has 84 valence electrons. The molecule has 0 aliphatic rings. The fourth-order valence-electron chi connectivity index (χ4n) is 1.37. The zero-order chi connectivity index (χ0) is 11.4. The highest BCUT2D eigenvalue weighted by Crippen LogP contribution is 2.12. The Morgan fingerprint density at radius 3 is 3.06 bits per heavy atom. The van der Waals surface area contributed by atoms with Crippen molar-refractivity contribution in [3.63, 3.8) is 0 Å². The van der Waals surface area contributed by atoms with Crippen LogP contribution in [-0.2, 0) is 13.1 Å². The van der Waals surface area contributed by atoms with Crippen molar-refractivity contribution in [2.24, 2.45) is 0 Å². The van der Waals surface area contributed by atoms with E-state index in [1.165, 1.54) is 5.56 Å². The van der Waals surface area contributed by atoms with Crippen LogP contribution in [-0.4, -0.2) is 20.2 Å². The summed E-state index contributed by atoms with van der Waals surface area (Å²) in [7, 11) is 0. The first kappa shape index (κ1) is 11.1. The summed E-state index contributed by atoms with van der Waals surface area (Å²) in [6.45, 7) is 3.47. The molecule has 0 amide bonds. The van der Waals surface area contributed by atoms with Gasteiger partial charge in [-0.2, -0.15) is 0 Å². The van der Waals surface area contributed by atoms with Crippen LogP contribution in [0.15, 0.2) is 28.7 Å². The number of hydrogen-bond donors (Lipinski definition) is 1. The van der Waals surface area contributed by atoms with E-state index < -0.39 is 0 Å². The van der Waals surface area contributed by atoms with E-state index in [0.717, 1.165) is 11.0 Å². The molecule has 0 atom stereocenters. The van der Waals surface area contributed by atoms with E-state index >= 15 is 0 Å². The molecule has 5 nitrogen and oxygen atoms in total. The highest BCUT2D eigenvalue weighted by molar-refractivity contribution is 9.10. The lowest BCUT2D eigenvalue weighted by Crippen LogP contribution is -2.07. The van der Waals surface area contributed by atoms with Gasteiger partial charge in [-0.05, 0) is 35.0 Å². The molecule has 0 aliphatic carbocycles. The minimum Gasteiger partial charge on any atom is -0.349 e. The lowest BCUT2D eigenvalue weighted by molar-refractivity contribution is 0.629. The number of anilines is 1. The summed E-state index contributed by atoms with van der Waals surface area (Å²) in [5.74, 6) is 0.697. The molecule has 0 saturated carbocycles. The van der Waals surface area contributed by atoms with Gasteiger partial charge in [0.25, 0.3) is 0 Å². The van der Waals surface area contributed by atoms with Crippen LogP contribution in [0.5, 0.6) is 0 Å². The van der Waals surface area contributed by atoms with Crippen molar-refractivity contribution in [2.45, 2.75) is 20.0 Å². The van der Waals surface area contributed by atoms with Crippen molar-refractivity contribution in [3.05, 3.63) is 34.3 Å². The van der Waals surface area contributed by atoms with E-state index in [0.29, 0.717) is 12.5 Å². The van der Waals surface area contributed by atoms with Crippen molar-refractivity contribution in [2.75, 3.05) is 5.32 Å². The highest BCUT2D eigenvalue weighted by atomic mass is 79.9. The van der Waals surface area contributed by atoms with Crippen molar-refractivity contribution >= 4 is 21.9 Å². The molecule has 0 radical (unpaired) electrons. The number of halogens is 1. The van der Waals surface area contributed by atoms with Crippen molar-refractivity contribution in [1.82, 2.24) is 20.2 Å². The van der Waals surface area contributed by atoms with Gasteiger partial charge in [-0.25, -0.2) is 4.68 Å². The number of nitrogens with zero attached hydrogens (tertiary/aromatic N) is 4. The predicted octanol–water partition coefficient (Wildman–Crippen LogP) is 2.07. The molecule has 0 unspecified atom stereocenters. The zero-order valence-corrected chi connectivity index (χ0v) is 10.5. The molecule has 6 heteroatoms. The summed E-state index contributed by atoms with van der Waals surface area (Å²) >= 11 is 3.44. The van der Waals surface area contributed by atoms with Gasteiger partial charge in [0.1, 0.15) is 0 Å². The normalized spacial score (nSPS) is 10.4. The van der Waals surface area contributed by atoms with Gasteiger partial charge in [0.2, 0.25) is 5.95 Å². The molecule has 2 aromatic rings. The molecule has 1 N–H and O–H groups in total. The summed E-state index contributed by atoms with van der Waals surface area (Å²) in [5.41, 5.74) is 1.18. The first-order valence-corrected chi connectivity index (χ1v) is 5.83. The number of aryl methyl sites for hydroxylation is 1. The Kier molecular flexibility index (Phi) is 3.51. The zero-order valence-electron chi connectivity index (χ0n) is 8.89. The first-order valence-electron chi connectivity index (χ1n) is 5.04. The molecule has 0 spiro atoms. The maximum atomic E-state index is 3.90. The van der Waals surface area contributed by atoms with Crippen molar-refractivity contribution in [3.8, 4) is 0 Å². The van der Waals surface area contributed by atoms with Gasteiger partial charge in [-0.3, -0.25) is 0 Å². The average Bonchev–Trinajstić information content (AvgIpc) is 2.74. The Labute approximate surface area is 102 Å². The van der Waals surface area contributed by atoms with E-state index in [4.69, 9.17) is 0 Å². The third kappa shape index (κ3) is 2.57. The van der Waals surface area contributed by atoms with Gasteiger partial charge < -0.3 is 5.32 Å². The molecule has 16 heavy (non-hydrogen) atoms. The van der Waals surface area contributed by atoms with Crippen LogP contribution < -0.4 is 5.32 Å². The van der Waals surface area contributed by atoms with Crippen LogP contribution in [0.3, 0.4) is 0 Å². The second-order valence-electron chi connectivity index (χ2n) is 3.30. The van der Waals surface area contributed by atoms with Crippen LogP contribution in [0.2, 0.25) is 0 Å². The molecular formula is C10H12BrN5. The largest absolute Gasteiger partial charge is 0.349 e. The molecule has 1 aromatic heterocycles. The second-order valence-corrected chi connectivity index (χ2v) is 4.22. The van der Waals surface area contributed by atoms with Gasteiger partial charge in [-0.1, -0.05) is 33.2 Å². The second kappa shape index (κ2) is 5.07. The molecule has 0 saturated heterocycles. The minimum absolute atomic E-state index is 0.697. The Bertz CT molecular complexity index is 468. The van der Waals surface area contributed by atoms with Gasteiger partial charge in [-0.15, -0.1) is 0 Å². The monoisotopic (exact) mass is 281 g/mol. The molecular weight excluding hydrogens is 270 g/mol. The number of rotatable bonds is 4. The Morgan fingerprint density at radius 1 is 1.44 bits per heavy atom. The lowest BCUT2D eigenvalue weighted by Gasteiger charge is -2.05. The minimum atomic E-state index is 0.697. The summed E-state index contributed by atoms with van der Waals surface area (Å²) in [6.07, 6.45) is 0. The molecule has 0 aliphatic heterocycles. The third-order valence-corrected chi connectivity index (χ3v) is 2.66. The van der Waals surface area contributed by atoms with E-state index in [1.54, 1.807) is 4.68 Å². The summed E-state index contributed by atoms with van der Waals surface area (Å²) in [6, 6.07) is 8.12. The lowest BCUT2D eigenvalue weighted by atomic mass is 10.2. The molecule has 2 rings (SSSR count). The topological polar surface area (TPSA) is 55.6 Å². The first-order chi connectivity index (χ1) is 7.79. The van der Waals surface area contributed by atoms with Crippen LogP contribution >= 0.6 is 15.9 Å². The van der Waals surface area contributed by atoms with Crippen LogP contribution in [0.4, 0.5) is 5.95 Å². The van der Waals surface area contributed by atoms with Gasteiger partial charge in [0.15, 0.2) is 0 Å². The van der Waals surface area contributed by atoms with Crippen molar-refractivity contribution in [1.29, 1.82) is 0 Å². The molecule has 1 heterocycles. The Hall–Kier alpha value is -1.43. The Balaban J connectivity index is 2.02. The fourth-order valence-corrected chi connectivity index (χ4v) is 1.82. The van der Waals surface area contributed by atoms with E-state index in [2.05, 4.69) is 48.9 Å². The number of tetrazole rings is 1. The quantitative estimate of drug-likeness (QED) is 0.932. The fraction of sp³-hybridized carbons (Fsp3) is 0.300. The number of hydrogen-bond acceptors (Lipinski definition) is 4. The smallest absolute Gasteiger partial charge is 0.243 e. The number of benzene rings is 1. The van der Waals surface area contributed by atoms with E-state index in [9.17, 15) is 0 Å². The maximum absolute atomic E-state index is 3.90. The van der Waals surface area contributed by atoms with E-state index in [-0.39, 0.29) is 0 Å². The third-order valence-electron chi connectivity index (χ3n) is 2.17. The summed E-state index contributed by atoms with van der Waals surface area (Å²) in [4.78, 5) is 0. The maximum Gasteiger partial charge on any atom is 0.243 e. The number of aromatic nitrogens is 4.